The molecule has 1 aliphatic heterocycles. The van der Waals surface area contributed by atoms with Crippen molar-refractivity contribution in [1.82, 2.24) is 0 Å². The van der Waals surface area contributed by atoms with Crippen LogP contribution in [0.15, 0.2) is 30.3 Å². The summed E-state index contributed by atoms with van der Waals surface area (Å²) in [4.78, 5) is 0. The van der Waals surface area contributed by atoms with E-state index in [-0.39, 0.29) is 0 Å². The van der Waals surface area contributed by atoms with Crippen LogP contribution in [0, 0.1) is 0 Å². The highest BCUT2D eigenvalue weighted by atomic mass is 16.6. The Morgan fingerprint density at radius 1 is 1.19 bits per heavy atom. The molecule has 0 spiro atoms. The minimum Gasteiger partial charge on any atom is -0.374 e. The van der Waals surface area contributed by atoms with Gasteiger partial charge in [0.2, 0.25) is 0 Å². The summed E-state index contributed by atoms with van der Waals surface area (Å²) >= 11 is 0. The van der Waals surface area contributed by atoms with E-state index in [1.807, 2.05) is 18.2 Å². The van der Waals surface area contributed by atoms with Crippen LogP contribution in [0.2, 0.25) is 0 Å². The SMILES string of the molecule is CCCCC1OC1COCc1ccccc1. The lowest BCUT2D eigenvalue weighted by Gasteiger charge is -2.01. The van der Waals surface area contributed by atoms with E-state index in [9.17, 15) is 0 Å². The van der Waals surface area contributed by atoms with Gasteiger partial charge in [-0.3, -0.25) is 0 Å². The summed E-state index contributed by atoms with van der Waals surface area (Å²) in [6.07, 6.45) is 4.53. The largest absolute Gasteiger partial charge is 0.374 e. The number of benzene rings is 1. The van der Waals surface area contributed by atoms with Crippen molar-refractivity contribution in [3.63, 3.8) is 0 Å². The van der Waals surface area contributed by atoms with E-state index in [1.54, 1.807) is 0 Å². The molecular formula is C14H20O2. The van der Waals surface area contributed by atoms with Crippen LogP contribution in [-0.4, -0.2) is 18.8 Å². The third-order valence-corrected chi connectivity index (χ3v) is 2.92. The van der Waals surface area contributed by atoms with Gasteiger partial charge in [-0.15, -0.1) is 0 Å². The monoisotopic (exact) mass is 220 g/mol. The van der Waals surface area contributed by atoms with Crippen molar-refractivity contribution in [3.05, 3.63) is 35.9 Å². The van der Waals surface area contributed by atoms with Crippen LogP contribution >= 0.6 is 0 Å². The highest BCUT2D eigenvalue weighted by molar-refractivity contribution is 5.13. The number of hydrogen-bond acceptors (Lipinski definition) is 2. The second-order valence-electron chi connectivity index (χ2n) is 4.36. The van der Waals surface area contributed by atoms with E-state index in [0.29, 0.717) is 18.8 Å². The van der Waals surface area contributed by atoms with Crippen LogP contribution in [0.3, 0.4) is 0 Å². The average Bonchev–Trinajstić information content (AvgIpc) is 3.07. The summed E-state index contributed by atoms with van der Waals surface area (Å²) in [5.41, 5.74) is 1.23. The minimum atomic E-state index is 0.357. The van der Waals surface area contributed by atoms with Gasteiger partial charge in [0.15, 0.2) is 0 Å². The molecule has 0 aromatic heterocycles. The van der Waals surface area contributed by atoms with Gasteiger partial charge in [0.25, 0.3) is 0 Å². The third-order valence-electron chi connectivity index (χ3n) is 2.92. The first-order valence-electron chi connectivity index (χ1n) is 6.17. The maximum Gasteiger partial charge on any atom is 0.107 e. The lowest BCUT2D eigenvalue weighted by Crippen LogP contribution is -2.05. The molecule has 0 amide bonds. The summed E-state index contributed by atoms with van der Waals surface area (Å²) in [6, 6.07) is 10.3. The van der Waals surface area contributed by atoms with Gasteiger partial charge in [0.05, 0.1) is 19.3 Å². The fraction of sp³-hybridized carbons (Fsp3) is 0.571. The smallest absolute Gasteiger partial charge is 0.107 e. The molecule has 1 saturated heterocycles. The molecular weight excluding hydrogens is 200 g/mol. The van der Waals surface area contributed by atoms with E-state index in [0.717, 1.165) is 6.61 Å². The summed E-state index contributed by atoms with van der Waals surface area (Å²) in [7, 11) is 0. The molecule has 0 bridgehead atoms. The summed E-state index contributed by atoms with van der Waals surface area (Å²) < 4.78 is 11.2. The van der Waals surface area contributed by atoms with Gasteiger partial charge in [-0.25, -0.2) is 0 Å². The van der Waals surface area contributed by atoms with Gasteiger partial charge in [0.1, 0.15) is 6.10 Å². The van der Waals surface area contributed by atoms with Crippen molar-refractivity contribution >= 4 is 0 Å². The van der Waals surface area contributed by atoms with E-state index in [2.05, 4.69) is 19.1 Å². The Morgan fingerprint density at radius 3 is 2.75 bits per heavy atom. The molecule has 0 saturated carbocycles. The van der Waals surface area contributed by atoms with Gasteiger partial charge in [-0.05, 0) is 12.0 Å². The lowest BCUT2D eigenvalue weighted by atomic mass is 10.2. The second-order valence-corrected chi connectivity index (χ2v) is 4.36. The molecule has 0 radical (unpaired) electrons. The quantitative estimate of drug-likeness (QED) is 0.658. The molecule has 2 rings (SSSR count). The maximum atomic E-state index is 5.63. The van der Waals surface area contributed by atoms with Crippen molar-refractivity contribution in [2.24, 2.45) is 0 Å². The highest BCUT2D eigenvalue weighted by Crippen LogP contribution is 2.27. The van der Waals surface area contributed by atoms with Crippen molar-refractivity contribution in [3.8, 4) is 0 Å². The van der Waals surface area contributed by atoms with Gasteiger partial charge in [-0.2, -0.15) is 0 Å². The van der Waals surface area contributed by atoms with E-state index in [4.69, 9.17) is 9.47 Å². The lowest BCUT2D eigenvalue weighted by molar-refractivity contribution is 0.104. The molecule has 1 heterocycles. The van der Waals surface area contributed by atoms with Gasteiger partial charge in [-0.1, -0.05) is 50.1 Å². The van der Waals surface area contributed by atoms with Crippen LogP contribution in [0.1, 0.15) is 31.7 Å². The number of unbranched alkanes of at least 4 members (excludes halogenated alkanes) is 1. The van der Waals surface area contributed by atoms with E-state index < -0.39 is 0 Å². The summed E-state index contributed by atoms with van der Waals surface area (Å²) in [5.74, 6) is 0. The maximum absolute atomic E-state index is 5.63. The Hall–Kier alpha value is -0.860. The predicted molar refractivity (Wildman–Crippen MR) is 64.3 cm³/mol. The van der Waals surface area contributed by atoms with Gasteiger partial charge < -0.3 is 9.47 Å². The van der Waals surface area contributed by atoms with Crippen LogP contribution in [-0.2, 0) is 16.1 Å². The fourth-order valence-corrected chi connectivity index (χ4v) is 1.85. The topological polar surface area (TPSA) is 21.8 Å². The molecule has 16 heavy (non-hydrogen) atoms. The zero-order valence-electron chi connectivity index (χ0n) is 9.89. The number of rotatable bonds is 7. The summed E-state index contributed by atoms with van der Waals surface area (Å²) in [5, 5.41) is 0. The van der Waals surface area contributed by atoms with Crippen LogP contribution in [0.25, 0.3) is 0 Å². The molecule has 2 atom stereocenters. The number of ether oxygens (including phenoxy) is 2. The normalized spacial score (nSPS) is 23.3. The standard InChI is InChI=1S/C14H20O2/c1-2-3-9-13-14(16-13)11-15-10-12-7-5-4-6-8-12/h4-8,13-14H,2-3,9-11H2,1H3. The van der Waals surface area contributed by atoms with E-state index in [1.165, 1.54) is 24.8 Å². The molecule has 2 heteroatoms. The Kier molecular flexibility index (Phi) is 4.37. The molecule has 2 nitrogen and oxygen atoms in total. The Labute approximate surface area is 97.6 Å². The Morgan fingerprint density at radius 2 is 2.00 bits per heavy atom. The van der Waals surface area contributed by atoms with Gasteiger partial charge >= 0.3 is 0 Å². The molecule has 88 valence electrons. The van der Waals surface area contributed by atoms with E-state index >= 15 is 0 Å². The third kappa shape index (κ3) is 3.62. The fourth-order valence-electron chi connectivity index (χ4n) is 1.85. The van der Waals surface area contributed by atoms with Crippen LogP contribution < -0.4 is 0 Å². The number of epoxide rings is 1. The number of hydrogen-bond donors (Lipinski definition) is 0. The van der Waals surface area contributed by atoms with Crippen LogP contribution in [0.5, 0.6) is 0 Å². The molecule has 1 aliphatic rings. The zero-order chi connectivity index (χ0) is 11.2. The first-order chi connectivity index (χ1) is 7.90. The van der Waals surface area contributed by atoms with Crippen molar-refractivity contribution in [2.75, 3.05) is 6.61 Å². The molecule has 0 aliphatic carbocycles. The Balaban J connectivity index is 1.57. The van der Waals surface area contributed by atoms with Crippen molar-refractivity contribution in [1.29, 1.82) is 0 Å². The first-order valence-corrected chi connectivity index (χ1v) is 6.17. The zero-order valence-corrected chi connectivity index (χ0v) is 9.89. The highest BCUT2D eigenvalue weighted by Gasteiger charge is 2.37. The van der Waals surface area contributed by atoms with Gasteiger partial charge in [0, 0.05) is 0 Å². The molecule has 2 unspecified atom stereocenters. The molecule has 1 fully saturated rings. The molecule has 1 aromatic carbocycles. The summed E-state index contributed by atoms with van der Waals surface area (Å²) in [6.45, 7) is 3.65. The molecule has 0 N–H and O–H groups in total. The van der Waals surface area contributed by atoms with Crippen molar-refractivity contribution < 1.29 is 9.47 Å². The average molecular weight is 220 g/mol. The minimum absolute atomic E-state index is 0.357. The second kappa shape index (κ2) is 6.02. The molecule has 1 aromatic rings. The first kappa shape index (κ1) is 11.6. The van der Waals surface area contributed by atoms with Crippen molar-refractivity contribution in [2.45, 2.75) is 45.0 Å². The Bertz CT molecular complexity index is 297. The predicted octanol–water partition coefficient (Wildman–Crippen LogP) is 3.16. The van der Waals surface area contributed by atoms with Crippen LogP contribution in [0.4, 0.5) is 0 Å².